The Labute approximate surface area is 146 Å². The Morgan fingerprint density at radius 3 is 2.83 bits per heavy atom. The van der Waals surface area contributed by atoms with E-state index in [4.69, 9.17) is 14.4 Å². The normalized spacial score (nSPS) is 11.7. The average Bonchev–Trinajstić information content (AvgIpc) is 2.98. The smallest absolute Gasteiger partial charge is 0.331 e. The first kappa shape index (κ1) is 17.5. The van der Waals surface area contributed by atoms with E-state index in [1.165, 1.54) is 25.1 Å². The number of nitrogens with zero attached hydrogens (tertiary/aromatic N) is 1. The Kier molecular flexibility index (Phi) is 5.93. The van der Waals surface area contributed by atoms with Gasteiger partial charge in [0.1, 0.15) is 5.76 Å². The number of amides is 1. The van der Waals surface area contributed by atoms with Gasteiger partial charge in [-0.3, -0.25) is 4.79 Å². The van der Waals surface area contributed by atoms with Gasteiger partial charge in [0.2, 0.25) is 0 Å². The molecule has 0 unspecified atom stereocenters. The number of nitrogens with one attached hydrogen (secondary N) is 1. The van der Waals surface area contributed by atoms with Crippen molar-refractivity contribution in [2.75, 3.05) is 5.32 Å². The highest BCUT2D eigenvalue weighted by Gasteiger charge is 2.16. The van der Waals surface area contributed by atoms with Gasteiger partial charge in [0.05, 0.1) is 11.6 Å². The Balaban J connectivity index is 1.89. The van der Waals surface area contributed by atoms with Crippen LogP contribution in [0.5, 0.6) is 0 Å². The summed E-state index contributed by atoms with van der Waals surface area (Å²) < 4.78 is 10.8. The molecule has 7 heteroatoms. The van der Waals surface area contributed by atoms with E-state index >= 15 is 0 Å². The Hall–Kier alpha value is -2.85. The lowest BCUT2D eigenvalue weighted by Gasteiger charge is -2.12. The van der Waals surface area contributed by atoms with E-state index < -0.39 is 18.0 Å². The zero-order valence-corrected chi connectivity index (χ0v) is 14.2. The second-order valence-corrected chi connectivity index (χ2v) is 5.52. The van der Waals surface area contributed by atoms with Gasteiger partial charge in [-0.2, -0.15) is 5.26 Å². The summed E-state index contributed by atoms with van der Waals surface area (Å²) in [6.45, 7) is 1.46. The van der Waals surface area contributed by atoms with E-state index in [0.29, 0.717) is 21.7 Å². The maximum absolute atomic E-state index is 12.0. The predicted octanol–water partition coefficient (Wildman–Crippen LogP) is 3.50. The van der Waals surface area contributed by atoms with Gasteiger partial charge in [-0.1, -0.05) is 6.07 Å². The molecule has 0 saturated carbocycles. The Bertz CT molecular complexity index is 820. The molecule has 6 nitrogen and oxygen atoms in total. The van der Waals surface area contributed by atoms with Crippen molar-refractivity contribution in [3.8, 4) is 6.07 Å². The van der Waals surface area contributed by atoms with Crippen LogP contribution in [0.4, 0.5) is 5.69 Å². The van der Waals surface area contributed by atoms with Gasteiger partial charge in [-0.15, -0.1) is 0 Å². The first-order chi connectivity index (χ1) is 11.5. The van der Waals surface area contributed by atoms with Crippen LogP contribution in [0.1, 0.15) is 18.2 Å². The molecule has 2 rings (SSSR count). The van der Waals surface area contributed by atoms with Crippen LogP contribution in [0.2, 0.25) is 0 Å². The van der Waals surface area contributed by atoms with Crippen molar-refractivity contribution in [2.45, 2.75) is 13.0 Å². The number of rotatable bonds is 5. The third-order valence-corrected chi connectivity index (χ3v) is 3.33. The first-order valence-corrected chi connectivity index (χ1v) is 7.72. The van der Waals surface area contributed by atoms with Gasteiger partial charge in [0.25, 0.3) is 5.91 Å². The number of esters is 1. The summed E-state index contributed by atoms with van der Waals surface area (Å²) in [6, 6.07) is 11.8. The lowest BCUT2D eigenvalue weighted by Crippen LogP contribution is -2.29. The van der Waals surface area contributed by atoms with Crippen molar-refractivity contribution >= 4 is 39.6 Å². The lowest BCUT2D eigenvalue weighted by molar-refractivity contribution is -0.148. The Morgan fingerprint density at radius 2 is 2.17 bits per heavy atom. The van der Waals surface area contributed by atoms with Gasteiger partial charge >= 0.3 is 5.97 Å². The monoisotopic (exact) mass is 388 g/mol. The largest absolute Gasteiger partial charge is 0.450 e. The molecule has 1 aromatic heterocycles. The summed E-state index contributed by atoms with van der Waals surface area (Å²) in [5.74, 6) is -0.687. The quantitative estimate of drug-likeness (QED) is 0.624. The van der Waals surface area contributed by atoms with Crippen LogP contribution in [0.3, 0.4) is 0 Å². The molecule has 0 saturated heterocycles. The van der Waals surface area contributed by atoms with Crippen LogP contribution in [-0.2, 0) is 14.3 Å². The highest BCUT2D eigenvalue weighted by molar-refractivity contribution is 9.10. The van der Waals surface area contributed by atoms with Crippen molar-refractivity contribution in [3.63, 3.8) is 0 Å². The molecular formula is C17H13BrN2O4. The molecule has 122 valence electrons. The number of furan rings is 1. The zero-order valence-electron chi connectivity index (χ0n) is 12.7. The minimum Gasteiger partial charge on any atom is -0.450 e. The molecule has 1 amide bonds. The summed E-state index contributed by atoms with van der Waals surface area (Å²) in [5, 5.41) is 11.4. The van der Waals surface area contributed by atoms with Crippen LogP contribution in [0.15, 0.2) is 51.6 Å². The maximum Gasteiger partial charge on any atom is 0.331 e. The maximum atomic E-state index is 12.0. The molecule has 0 radical (unpaired) electrons. The SMILES string of the molecule is C[C@H](OC(=O)/C=C/c1ccc(Br)o1)C(=O)Nc1cccc(C#N)c1. The Morgan fingerprint density at radius 1 is 1.38 bits per heavy atom. The minimum absolute atomic E-state index is 0.421. The second kappa shape index (κ2) is 8.13. The number of carbonyl (C=O) groups is 2. The molecule has 0 spiro atoms. The number of carbonyl (C=O) groups excluding carboxylic acids is 2. The number of hydrogen-bond acceptors (Lipinski definition) is 5. The van der Waals surface area contributed by atoms with Crippen molar-refractivity contribution in [1.29, 1.82) is 5.26 Å². The highest BCUT2D eigenvalue weighted by atomic mass is 79.9. The first-order valence-electron chi connectivity index (χ1n) is 6.93. The van der Waals surface area contributed by atoms with Crippen LogP contribution in [0.25, 0.3) is 6.08 Å². The van der Waals surface area contributed by atoms with Crippen molar-refractivity contribution < 1.29 is 18.7 Å². The zero-order chi connectivity index (χ0) is 17.5. The summed E-state index contributed by atoms with van der Waals surface area (Å²) in [6.07, 6.45) is 1.62. The van der Waals surface area contributed by atoms with Gasteiger partial charge in [0.15, 0.2) is 10.8 Å². The van der Waals surface area contributed by atoms with Crippen LogP contribution < -0.4 is 5.32 Å². The predicted molar refractivity (Wildman–Crippen MR) is 90.8 cm³/mol. The molecule has 1 aromatic carbocycles. The number of anilines is 1. The van der Waals surface area contributed by atoms with E-state index in [1.807, 2.05) is 6.07 Å². The van der Waals surface area contributed by atoms with Gasteiger partial charge < -0.3 is 14.5 Å². The molecule has 0 fully saturated rings. The summed E-state index contributed by atoms with van der Waals surface area (Å²) in [5.41, 5.74) is 0.878. The average molecular weight is 389 g/mol. The van der Waals surface area contributed by atoms with Crippen molar-refractivity contribution in [1.82, 2.24) is 0 Å². The highest BCUT2D eigenvalue weighted by Crippen LogP contribution is 2.15. The number of hydrogen-bond donors (Lipinski definition) is 1. The van der Waals surface area contributed by atoms with Gasteiger partial charge in [0, 0.05) is 11.8 Å². The van der Waals surface area contributed by atoms with Crippen LogP contribution >= 0.6 is 15.9 Å². The fourth-order valence-corrected chi connectivity index (χ4v) is 2.06. The summed E-state index contributed by atoms with van der Waals surface area (Å²) in [7, 11) is 0. The third-order valence-electron chi connectivity index (χ3n) is 2.90. The fraction of sp³-hybridized carbons (Fsp3) is 0.118. The third kappa shape index (κ3) is 5.11. The molecule has 1 heterocycles. The van der Waals surface area contributed by atoms with E-state index in [9.17, 15) is 9.59 Å². The van der Waals surface area contributed by atoms with Crippen molar-refractivity contribution in [3.05, 3.63) is 58.5 Å². The summed E-state index contributed by atoms with van der Waals surface area (Å²) in [4.78, 5) is 23.7. The molecule has 0 aliphatic carbocycles. The van der Waals surface area contributed by atoms with E-state index in [0.717, 1.165) is 0 Å². The minimum atomic E-state index is -0.990. The number of ether oxygens (including phenoxy) is 1. The fourth-order valence-electron chi connectivity index (χ4n) is 1.75. The molecule has 2 aromatic rings. The number of halogens is 1. The lowest BCUT2D eigenvalue weighted by atomic mass is 10.2. The standard InChI is InChI=1S/C17H13BrN2O4/c1-11(17(22)20-13-4-2-3-12(9-13)10-19)23-16(21)8-6-14-5-7-15(18)24-14/h2-9,11H,1H3,(H,20,22)/b8-6+/t11-/m0/s1. The number of benzene rings is 1. The molecule has 1 N–H and O–H groups in total. The number of nitriles is 1. The molecule has 0 bridgehead atoms. The summed E-state index contributed by atoms with van der Waals surface area (Å²) >= 11 is 3.15. The van der Waals surface area contributed by atoms with Crippen LogP contribution in [-0.4, -0.2) is 18.0 Å². The van der Waals surface area contributed by atoms with E-state index in [1.54, 1.807) is 30.3 Å². The molecule has 24 heavy (non-hydrogen) atoms. The van der Waals surface area contributed by atoms with E-state index in [-0.39, 0.29) is 0 Å². The van der Waals surface area contributed by atoms with Gasteiger partial charge in [-0.25, -0.2) is 4.79 Å². The molecule has 0 aliphatic rings. The topological polar surface area (TPSA) is 92.3 Å². The second-order valence-electron chi connectivity index (χ2n) is 4.74. The molecular weight excluding hydrogens is 376 g/mol. The molecule has 0 aliphatic heterocycles. The van der Waals surface area contributed by atoms with Gasteiger partial charge in [-0.05, 0) is 59.3 Å². The molecule has 1 atom stereocenters. The van der Waals surface area contributed by atoms with Crippen molar-refractivity contribution in [2.24, 2.45) is 0 Å². The van der Waals surface area contributed by atoms with E-state index in [2.05, 4.69) is 21.2 Å². The van der Waals surface area contributed by atoms with Crippen LogP contribution in [0, 0.1) is 11.3 Å².